The number of benzene rings is 3. The Kier molecular flexibility index (Phi) is 6.90. The summed E-state index contributed by atoms with van der Waals surface area (Å²) >= 11 is 6.18. The predicted octanol–water partition coefficient (Wildman–Crippen LogP) is 4.35. The van der Waals surface area contributed by atoms with Crippen LogP contribution in [-0.4, -0.2) is 29.7 Å². The third-order valence-corrected chi connectivity index (χ3v) is 8.98. The Morgan fingerprint density at radius 3 is 2.51 bits per heavy atom. The van der Waals surface area contributed by atoms with Gasteiger partial charge in [0.05, 0.1) is 10.4 Å². The second-order valence-corrected chi connectivity index (χ2v) is 11.3. The van der Waals surface area contributed by atoms with Gasteiger partial charge in [-0.15, -0.1) is 0 Å². The van der Waals surface area contributed by atoms with Crippen LogP contribution < -0.4 is 10.7 Å². The Labute approximate surface area is 220 Å². The Bertz CT molecular complexity index is 1680. The lowest BCUT2D eigenvalue weighted by molar-refractivity contribution is 0.0949. The van der Waals surface area contributed by atoms with Crippen molar-refractivity contribution in [3.63, 3.8) is 0 Å². The highest BCUT2D eigenvalue weighted by molar-refractivity contribution is 7.89. The van der Waals surface area contributed by atoms with E-state index in [0.29, 0.717) is 30.0 Å². The molecule has 190 valence electrons. The molecule has 5 rings (SSSR count). The zero-order valence-electron chi connectivity index (χ0n) is 20.3. The number of hydrogen-bond donors (Lipinski definition) is 1. The lowest BCUT2D eigenvalue weighted by Gasteiger charge is -2.28. The minimum Gasteiger partial charge on any atom is -0.348 e. The summed E-state index contributed by atoms with van der Waals surface area (Å²) < 4.78 is 30.3. The average Bonchev–Trinajstić information content (AvgIpc) is 2.92. The molecule has 7 nitrogen and oxygen atoms in total. The maximum absolute atomic E-state index is 13.5. The number of sulfonamides is 1. The van der Waals surface area contributed by atoms with Gasteiger partial charge in [-0.1, -0.05) is 54.1 Å². The quantitative estimate of drug-likeness (QED) is 0.397. The summed E-state index contributed by atoms with van der Waals surface area (Å²) in [6.45, 7) is 3.19. The molecule has 1 aliphatic heterocycles. The monoisotopic (exact) mass is 535 g/mol. The number of carbonyl (C=O) groups is 1. The molecule has 1 N–H and O–H groups in total. The van der Waals surface area contributed by atoms with Crippen molar-refractivity contribution in [2.45, 2.75) is 37.9 Å². The fourth-order valence-corrected chi connectivity index (χ4v) is 6.35. The fraction of sp³-hybridized carbons (Fsp3) is 0.214. The first-order valence-corrected chi connectivity index (χ1v) is 13.9. The molecular formula is C28H26ClN3O4S. The third-order valence-electron chi connectivity index (χ3n) is 6.77. The van der Waals surface area contributed by atoms with Gasteiger partial charge in [0.2, 0.25) is 15.5 Å². The van der Waals surface area contributed by atoms with Crippen LogP contribution in [0.3, 0.4) is 0 Å². The first-order chi connectivity index (χ1) is 17.8. The molecule has 0 saturated heterocycles. The van der Waals surface area contributed by atoms with Gasteiger partial charge in [0, 0.05) is 42.8 Å². The van der Waals surface area contributed by atoms with E-state index in [0.717, 1.165) is 16.7 Å². The Morgan fingerprint density at radius 2 is 1.76 bits per heavy atom. The molecule has 1 amide bonds. The zero-order chi connectivity index (χ0) is 26.2. The van der Waals surface area contributed by atoms with Crippen LogP contribution in [0.25, 0.3) is 10.9 Å². The van der Waals surface area contributed by atoms with E-state index in [9.17, 15) is 18.0 Å². The number of fused-ring (bicyclic) bond motifs is 2. The minimum atomic E-state index is -3.85. The van der Waals surface area contributed by atoms with Crippen LogP contribution in [0.2, 0.25) is 5.02 Å². The molecule has 1 aromatic heterocycles. The summed E-state index contributed by atoms with van der Waals surface area (Å²) in [5.74, 6) is -0.546. The largest absolute Gasteiger partial charge is 0.348 e. The zero-order valence-corrected chi connectivity index (χ0v) is 21.8. The summed E-state index contributed by atoms with van der Waals surface area (Å²) in [6, 6.07) is 19.5. The van der Waals surface area contributed by atoms with Gasteiger partial charge in [0.1, 0.15) is 5.56 Å². The highest BCUT2D eigenvalue weighted by Crippen LogP contribution is 2.26. The van der Waals surface area contributed by atoms with Crippen LogP contribution in [0.4, 0.5) is 0 Å². The van der Waals surface area contributed by atoms with Gasteiger partial charge in [-0.05, 0) is 54.3 Å². The lowest BCUT2D eigenvalue weighted by atomic mass is 10.0. The second kappa shape index (κ2) is 10.1. The number of carbonyl (C=O) groups excluding carboxylic acids is 1. The number of aromatic nitrogens is 1. The number of halogens is 1. The molecule has 9 heteroatoms. The molecule has 0 radical (unpaired) electrons. The van der Waals surface area contributed by atoms with Crippen molar-refractivity contribution in [1.82, 2.24) is 14.2 Å². The molecule has 3 aromatic carbocycles. The van der Waals surface area contributed by atoms with E-state index in [1.165, 1.54) is 22.6 Å². The number of nitrogens with zero attached hydrogens (tertiary/aromatic N) is 2. The summed E-state index contributed by atoms with van der Waals surface area (Å²) in [5, 5.41) is 3.46. The first-order valence-electron chi connectivity index (χ1n) is 12.1. The van der Waals surface area contributed by atoms with Gasteiger partial charge < -0.3 is 9.88 Å². The number of rotatable bonds is 6. The van der Waals surface area contributed by atoms with E-state index in [1.807, 2.05) is 37.3 Å². The third kappa shape index (κ3) is 4.80. The fourth-order valence-electron chi connectivity index (χ4n) is 4.70. The molecule has 0 spiro atoms. The smallest absolute Gasteiger partial charge is 0.257 e. The highest BCUT2D eigenvalue weighted by Gasteiger charge is 2.29. The van der Waals surface area contributed by atoms with Gasteiger partial charge in [0.15, 0.2) is 0 Å². The summed E-state index contributed by atoms with van der Waals surface area (Å²) in [5.41, 5.74) is 2.85. The standard InChI is InChI=1S/C28H26ClN3O4S/c1-2-31-18-24(28(34)30-16-20-8-5-6-10-25(20)29)27(33)23-15-22(11-12-26(23)31)37(35,36)32-14-13-19-7-3-4-9-21(19)17-32/h3-12,15,18H,2,13-14,16-17H2,1H3,(H,30,34). The van der Waals surface area contributed by atoms with Crippen LogP contribution in [0.1, 0.15) is 34.0 Å². The van der Waals surface area contributed by atoms with Crippen LogP contribution in [0.5, 0.6) is 0 Å². The van der Waals surface area contributed by atoms with Crippen molar-refractivity contribution in [1.29, 1.82) is 0 Å². The van der Waals surface area contributed by atoms with Crippen molar-refractivity contribution in [3.05, 3.63) is 110 Å². The van der Waals surface area contributed by atoms with Crippen molar-refractivity contribution < 1.29 is 13.2 Å². The minimum absolute atomic E-state index is 0.0350. The van der Waals surface area contributed by atoms with Crippen LogP contribution in [0.15, 0.2) is 82.6 Å². The summed E-state index contributed by atoms with van der Waals surface area (Å²) in [4.78, 5) is 26.5. The summed E-state index contributed by atoms with van der Waals surface area (Å²) in [7, 11) is -3.85. The molecule has 0 atom stereocenters. The second-order valence-electron chi connectivity index (χ2n) is 8.97. The normalized spacial score (nSPS) is 13.9. The van der Waals surface area contributed by atoms with E-state index in [2.05, 4.69) is 5.32 Å². The molecule has 37 heavy (non-hydrogen) atoms. The molecule has 4 aromatic rings. The van der Waals surface area contributed by atoms with Crippen molar-refractivity contribution in [3.8, 4) is 0 Å². The van der Waals surface area contributed by atoms with Gasteiger partial charge in [-0.3, -0.25) is 9.59 Å². The Morgan fingerprint density at radius 1 is 1.03 bits per heavy atom. The van der Waals surface area contributed by atoms with Gasteiger partial charge in [0.25, 0.3) is 5.91 Å². The molecule has 0 saturated carbocycles. The van der Waals surface area contributed by atoms with Crippen molar-refractivity contribution >= 4 is 38.4 Å². The molecule has 0 fully saturated rings. The average molecular weight is 536 g/mol. The molecule has 1 aliphatic rings. The first kappa shape index (κ1) is 25.2. The lowest BCUT2D eigenvalue weighted by Crippen LogP contribution is -2.36. The van der Waals surface area contributed by atoms with Gasteiger partial charge >= 0.3 is 0 Å². The topological polar surface area (TPSA) is 88.5 Å². The molecule has 0 aliphatic carbocycles. The van der Waals surface area contributed by atoms with Crippen LogP contribution >= 0.6 is 11.6 Å². The van der Waals surface area contributed by atoms with E-state index in [1.54, 1.807) is 28.8 Å². The van der Waals surface area contributed by atoms with Crippen LogP contribution in [-0.2, 0) is 36.1 Å². The Hall–Kier alpha value is -3.46. The summed E-state index contributed by atoms with van der Waals surface area (Å²) in [6.07, 6.45) is 2.14. The van der Waals surface area contributed by atoms with Crippen LogP contribution in [0, 0.1) is 0 Å². The maximum atomic E-state index is 13.5. The number of amides is 1. The van der Waals surface area contributed by atoms with Gasteiger partial charge in [-0.2, -0.15) is 4.31 Å². The molecule has 0 unspecified atom stereocenters. The number of aryl methyl sites for hydroxylation is 1. The number of nitrogens with one attached hydrogen (secondary N) is 1. The van der Waals surface area contributed by atoms with E-state index in [4.69, 9.17) is 11.6 Å². The number of pyridine rings is 1. The molecule has 0 bridgehead atoms. The molecule has 2 heterocycles. The Balaban J connectivity index is 1.50. The van der Waals surface area contributed by atoms with E-state index >= 15 is 0 Å². The highest BCUT2D eigenvalue weighted by atomic mass is 35.5. The van der Waals surface area contributed by atoms with Crippen molar-refractivity contribution in [2.24, 2.45) is 0 Å². The predicted molar refractivity (Wildman–Crippen MR) is 144 cm³/mol. The van der Waals surface area contributed by atoms with E-state index in [-0.39, 0.29) is 28.9 Å². The molecular weight excluding hydrogens is 510 g/mol. The van der Waals surface area contributed by atoms with E-state index < -0.39 is 21.4 Å². The number of hydrogen-bond acceptors (Lipinski definition) is 4. The van der Waals surface area contributed by atoms with Crippen molar-refractivity contribution in [2.75, 3.05) is 6.54 Å². The SMILES string of the molecule is CCn1cc(C(=O)NCc2ccccc2Cl)c(=O)c2cc(S(=O)(=O)N3CCc4ccccc4C3)ccc21. The maximum Gasteiger partial charge on any atom is 0.257 e. The van der Waals surface area contributed by atoms with Gasteiger partial charge in [-0.25, -0.2) is 8.42 Å².